The van der Waals surface area contributed by atoms with E-state index in [4.69, 9.17) is 14.6 Å². The fourth-order valence-corrected chi connectivity index (χ4v) is 9.43. The summed E-state index contributed by atoms with van der Waals surface area (Å²) in [5.74, 6) is -3.10. The first-order valence-electron chi connectivity index (χ1n) is 27.1. The molecule has 0 fully saturated rings. The van der Waals surface area contributed by atoms with Crippen molar-refractivity contribution in [1.82, 2.24) is 49.1 Å². The minimum absolute atomic E-state index is 0.0136. The number of hydrogen-bond donors (Lipinski definition) is 4. The largest absolute Gasteiger partial charge is 0.478 e. The van der Waals surface area contributed by atoms with Crippen LogP contribution in [-0.2, 0) is 52.4 Å². The Hall–Kier alpha value is -11.0. The Morgan fingerprint density at radius 3 is 1.43 bits per heavy atom. The van der Waals surface area contributed by atoms with Crippen LogP contribution in [0, 0.1) is 11.6 Å². The van der Waals surface area contributed by atoms with E-state index in [0.29, 0.717) is 33.0 Å². The fraction of sp³-hybridized carbons (Fsp3) is 0.222. The number of carbonyl (C=O) groups is 3. The molecule has 88 heavy (non-hydrogen) atoms. The number of carboxylic acids is 1. The van der Waals surface area contributed by atoms with Gasteiger partial charge in [0.2, 0.25) is 0 Å². The Balaban J connectivity index is 0.000000210. The monoisotopic (exact) mass is 1200 g/mol. The number of anilines is 4. The van der Waals surface area contributed by atoms with Crippen LogP contribution in [0.1, 0.15) is 91.4 Å². The average Bonchev–Trinajstić information content (AvgIpc) is 1.52. The van der Waals surface area contributed by atoms with Crippen LogP contribution in [0.2, 0.25) is 0 Å². The van der Waals surface area contributed by atoms with Gasteiger partial charge in [0.25, 0.3) is 22.2 Å². The molecule has 0 saturated heterocycles. The van der Waals surface area contributed by atoms with Gasteiger partial charge in [-0.2, -0.15) is 29.8 Å². The van der Waals surface area contributed by atoms with Crippen molar-refractivity contribution < 1.29 is 42.9 Å². The molecule has 10 rings (SSSR count). The van der Waals surface area contributed by atoms with Gasteiger partial charge in [0, 0.05) is 66.4 Å². The number of carboxylic acid groups (broad SMARTS) is 1. The second-order valence-corrected chi connectivity index (χ2v) is 22.3. The number of aromatic carboxylic acids is 1. The number of aliphatic hydroxyl groups is 1. The van der Waals surface area contributed by atoms with Crippen LogP contribution in [-0.4, -0.2) is 84.3 Å². The number of pyridine rings is 2. The molecule has 4 N–H and O–H groups in total. The summed E-state index contributed by atoms with van der Waals surface area (Å²) in [6, 6.07) is 24.7. The molecule has 0 radical (unpaired) electrons. The highest BCUT2D eigenvalue weighted by atomic mass is 19.1. The Labute approximate surface area is 499 Å². The number of aliphatic hydroxyl groups excluding tert-OH is 1. The van der Waals surface area contributed by atoms with Gasteiger partial charge in [0.1, 0.15) is 41.3 Å². The maximum atomic E-state index is 15.4. The summed E-state index contributed by atoms with van der Waals surface area (Å²) in [5, 5.41) is 43.2. The number of aryl methyl sites for hydroxylation is 2. The number of methoxy groups -OCH3 is 1. The van der Waals surface area contributed by atoms with Crippen molar-refractivity contribution in [2.75, 3.05) is 17.7 Å². The van der Waals surface area contributed by atoms with Crippen LogP contribution < -0.4 is 32.9 Å². The van der Waals surface area contributed by atoms with Gasteiger partial charge < -0.3 is 30.3 Å². The summed E-state index contributed by atoms with van der Waals surface area (Å²) in [6.45, 7) is 12.1. The smallest absolute Gasteiger partial charge is 0.339 e. The number of carbonyl (C=O) groups excluding carboxylic acids is 2. The molecule has 0 unspecified atom stereocenters. The lowest BCUT2D eigenvalue weighted by Crippen LogP contribution is -2.25. The third-order valence-corrected chi connectivity index (χ3v) is 14.1. The molecular formula is C63H58F2N12O11. The minimum Gasteiger partial charge on any atom is -0.478 e. The number of nitrogens with one attached hydrogen (secondary N) is 2. The number of halogens is 2. The Morgan fingerprint density at radius 2 is 1.03 bits per heavy atom. The van der Waals surface area contributed by atoms with Crippen LogP contribution in [0.3, 0.4) is 0 Å². The lowest BCUT2D eigenvalue weighted by molar-refractivity contribution is -0.142. The molecule has 0 aliphatic heterocycles. The molecule has 0 aliphatic carbocycles. The third kappa shape index (κ3) is 12.7. The first-order chi connectivity index (χ1) is 41.7. The molecule has 4 aromatic carbocycles. The van der Waals surface area contributed by atoms with E-state index in [1.54, 1.807) is 48.5 Å². The summed E-state index contributed by atoms with van der Waals surface area (Å²) < 4.78 is 45.0. The zero-order valence-corrected chi connectivity index (χ0v) is 49.3. The Bertz CT molecular complexity index is 4680. The van der Waals surface area contributed by atoms with Gasteiger partial charge in [0.05, 0.1) is 70.8 Å². The van der Waals surface area contributed by atoms with Crippen LogP contribution in [0.5, 0.6) is 0 Å². The first kappa shape index (κ1) is 61.6. The molecule has 23 nitrogen and oxygen atoms in total. The Kier molecular flexibility index (Phi) is 17.2. The number of hydrogen-bond acceptors (Lipinski definition) is 18. The second-order valence-electron chi connectivity index (χ2n) is 22.3. The summed E-state index contributed by atoms with van der Waals surface area (Å²) >= 11 is 0. The molecule has 10 aromatic rings. The van der Waals surface area contributed by atoms with Gasteiger partial charge in [-0.05, 0) is 94.8 Å². The predicted octanol–water partition coefficient (Wildman–Crippen LogP) is 8.48. The van der Waals surface area contributed by atoms with Crippen LogP contribution in [0.4, 0.5) is 31.8 Å². The normalized spacial score (nSPS) is 11.5. The van der Waals surface area contributed by atoms with E-state index in [-0.39, 0.29) is 90.7 Å². The van der Waals surface area contributed by atoms with Gasteiger partial charge in [0.15, 0.2) is 0 Å². The highest BCUT2D eigenvalue weighted by Crippen LogP contribution is 2.33. The zero-order valence-electron chi connectivity index (χ0n) is 49.3. The molecule has 0 spiro atoms. The highest BCUT2D eigenvalue weighted by Gasteiger charge is 2.25. The molecule has 0 amide bonds. The molecule has 6 heterocycles. The van der Waals surface area contributed by atoms with E-state index in [1.807, 2.05) is 41.5 Å². The number of nitrogens with zero attached hydrogens (tertiary/aromatic N) is 10. The number of rotatable bonds is 13. The topological polar surface area (TPSA) is 300 Å². The molecule has 0 atom stereocenters. The van der Waals surface area contributed by atoms with Crippen molar-refractivity contribution >= 4 is 62.5 Å². The highest BCUT2D eigenvalue weighted by molar-refractivity contribution is 5.89. The van der Waals surface area contributed by atoms with E-state index in [0.717, 1.165) is 30.5 Å². The summed E-state index contributed by atoms with van der Waals surface area (Å²) in [7, 11) is 4.17. The number of aromatic nitrogens is 10. The molecule has 450 valence electrons. The predicted molar refractivity (Wildman–Crippen MR) is 324 cm³/mol. The second kappa shape index (κ2) is 24.6. The lowest BCUT2D eigenvalue weighted by atomic mass is 9.86. The maximum Gasteiger partial charge on any atom is 0.339 e. The van der Waals surface area contributed by atoms with Crippen LogP contribution in [0.15, 0.2) is 141 Å². The maximum absolute atomic E-state index is 15.4. The summed E-state index contributed by atoms with van der Waals surface area (Å²) in [6.07, 6.45) is 5.30. The number of esters is 2. The quantitative estimate of drug-likeness (QED) is 0.0786. The zero-order chi connectivity index (χ0) is 63.7. The first-order valence-corrected chi connectivity index (χ1v) is 27.1. The Morgan fingerprint density at radius 1 is 0.591 bits per heavy atom. The van der Waals surface area contributed by atoms with Gasteiger partial charge in [-0.1, -0.05) is 65.8 Å². The summed E-state index contributed by atoms with van der Waals surface area (Å²) in [4.78, 5) is 96.1. The standard InChI is InChI=1S/C33H31FN6O6.C30H27FN6O5/c1-18(41)46-17-23-22(25-14-26(30(42)39(5)38-25)37-28-11-10-19(15-35-28)32(44)45-6)8-7-9-27(23)40-31(43)29-20(16-36-40)12-21(13-24(29)34)33(2,3)4;1-30(2,3)18-10-17-14-33-37(28(40)26(17)21(31)11-18)24-7-5-6-19(20(24)15-38)22-12-23(27(39)36(4)35-22)34-25-9-8-16(13-32-25)29(41)42/h7-16H,17H2,1-6H3,(H,35,37);5-14,38H,15H2,1-4H3,(H,32,34)(H,41,42). The van der Waals surface area contributed by atoms with Crippen LogP contribution in [0.25, 0.3) is 55.4 Å². The van der Waals surface area contributed by atoms with Crippen molar-refractivity contribution in [3.05, 3.63) is 208 Å². The number of fused-ring (bicyclic) bond motifs is 2. The van der Waals surface area contributed by atoms with E-state index >= 15 is 8.78 Å². The van der Waals surface area contributed by atoms with Crippen molar-refractivity contribution in [1.29, 1.82) is 0 Å². The molecule has 0 aliphatic rings. The SMILES string of the molecule is COC(=O)c1ccc(Nc2cc(-c3cccc(-n4ncc5cc(C(C)(C)C)cc(F)c5c4=O)c3COC(C)=O)nn(C)c2=O)nc1.Cn1nc(-c2cccc(-n3ncc4cc(C(C)(C)C)cc(F)c4c3=O)c2CO)cc(Nc2ccc(C(=O)O)cn2)c1=O. The minimum atomic E-state index is -1.13. The van der Waals surface area contributed by atoms with Gasteiger partial charge in [-0.3, -0.25) is 24.0 Å². The van der Waals surface area contributed by atoms with Crippen molar-refractivity contribution in [2.24, 2.45) is 14.1 Å². The van der Waals surface area contributed by atoms with Crippen molar-refractivity contribution in [2.45, 2.75) is 72.5 Å². The third-order valence-electron chi connectivity index (χ3n) is 14.1. The lowest BCUT2D eigenvalue weighted by Gasteiger charge is -2.20. The van der Waals surface area contributed by atoms with Gasteiger partial charge in [-0.25, -0.2) is 37.7 Å². The van der Waals surface area contributed by atoms with Crippen LogP contribution >= 0.6 is 0 Å². The van der Waals surface area contributed by atoms with Crippen molar-refractivity contribution in [3.63, 3.8) is 0 Å². The van der Waals surface area contributed by atoms with Gasteiger partial charge in [-0.15, -0.1) is 0 Å². The van der Waals surface area contributed by atoms with Gasteiger partial charge >= 0.3 is 17.9 Å². The molecular weight excluding hydrogens is 1140 g/mol. The molecule has 6 aromatic heterocycles. The molecule has 0 bridgehead atoms. The fourth-order valence-electron chi connectivity index (χ4n) is 9.43. The molecule has 25 heteroatoms. The molecule has 0 saturated carbocycles. The number of benzene rings is 4. The average molecular weight is 1200 g/mol. The number of ether oxygens (including phenoxy) is 2. The summed E-state index contributed by atoms with van der Waals surface area (Å²) in [5.41, 5.74) is 1.27. The van der Waals surface area contributed by atoms with Crippen molar-refractivity contribution in [3.8, 4) is 33.9 Å². The van der Waals surface area contributed by atoms with E-state index in [1.165, 1.54) is 95.3 Å². The van der Waals surface area contributed by atoms with E-state index in [9.17, 15) is 38.7 Å². The van der Waals surface area contributed by atoms with E-state index < -0.39 is 58.4 Å². The van der Waals surface area contributed by atoms with E-state index in [2.05, 4.69) is 41.0 Å².